The van der Waals surface area contributed by atoms with Gasteiger partial charge in [-0.2, -0.15) is 0 Å². The Kier molecular flexibility index (Phi) is 10.0. The van der Waals surface area contributed by atoms with Gasteiger partial charge in [0.25, 0.3) is 21.6 Å². The maximum absolute atomic E-state index is 15.2. The topological polar surface area (TPSA) is 141 Å². The number of carbonyl (C=O) groups excluding carboxylic acids is 1. The highest BCUT2D eigenvalue weighted by molar-refractivity contribution is 9.10. The summed E-state index contributed by atoms with van der Waals surface area (Å²) in [7, 11) is -4.45. The van der Waals surface area contributed by atoms with Crippen LogP contribution >= 0.6 is 38.6 Å². The van der Waals surface area contributed by atoms with E-state index in [2.05, 4.69) is 15.9 Å². The van der Waals surface area contributed by atoms with Crippen LogP contribution in [-0.4, -0.2) is 61.4 Å². The second-order valence-corrected chi connectivity index (χ2v) is 16.4. The van der Waals surface area contributed by atoms with E-state index in [4.69, 9.17) is 0 Å². The van der Waals surface area contributed by atoms with Gasteiger partial charge in [-0.05, 0) is 83.0 Å². The van der Waals surface area contributed by atoms with Gasteiger partial charge in [-0.15, -0.1) is 22.7 Å². The van der Waals surface area contributed by atoms with E-state index in [0.717, 1.165) is 15.8 Å². The molecule has 3 aromatic carbocycles. The summed E-state index contributed by atoms with van der Waals surface area (Å²) in [4.78, 5) is 41.5. The maximum Gasteiger partial charge on any atom is 0.346 e. The van der Waals surface area contributed by atoms with Crippen molar-refractivity contribution in [3.05, 3.63) is 113 Å². The van der Waals surface area contributed by atoms with Crippen LogP contribution in [0.25, 0.3) is 10.1 Å². The minimum absolute atomic E-state index is 0.00233. The number of benzene rings is 3. The van der Waals surface area contributed by atoms with Crippen molar-refractivity contribution in [2.75, 3.05) is 35.4 Å². The zero-order valence-electron chi connectivity index (χ0n) is 27.3. The number of nitrogens with zero attached hydrogens (tertiary/aromatic N) is 4. The van der Waals surface area contributed by atoms with E-state index >= 15 is 8.42 Å². The van der Waals surface area contributed by atoms with Crippen LogP contribution in [-0.2, 0) is 16.4 Å². The van der Waals surface area contributed by atoms with E-state index in [1.54, 1.807) is 55.1 Å². The van der Waals surface area contributed by atoms with E-state index in [1.165, 1.54) is 27.8 Å². The highest BCUT2D eigenvalue weighted by atomic mass is 79.9. The van der Waals surface area contributed by atoms with Crippen LogP contribution < -0.4 is 9.21 Å². The van der Waals surface area contributed by atoms with Crippen molar-refractivity contribution >= 4 is 87.7 Å². The molecule has 1 unspecified atom stereocenters. The molecule has 6 rings (SSSR count). The van der Waals surface area contributed by atoms with Crippen molar-refractivity contribution in [3.63, 3.8) is 0 Å². The Morgan fingerprint density at radius 1 is 1.02 bits per heavy atom. The van der Waals surface area contributed by atoms with Crippen LogP contribution in [0.4, 0.5) is 17.1 Å². The van der Waals surface area contributed by atoms with Gasteiger partial charge in [0.1, 0.15) is 9.75 Å². The molecule has 1 aliphatic heterocycles. The standard InChI is InChI=1S/C35H33BrN4O7S3/c1-4-23-30(14-13-29-31(23)21(2)32(49-29)35(42)43)50(46,47)39(22(3)24-9-5-6-10-26(24)40(44)45)28-12-8-7-11-27(28)37-16-18-38(19-17-37)34(41)33-25(36)15-20-48-33/h5-15,20,22H,4,16-19H2,1-3H3,(H,42,43). The average Bonchev–Trinajstić information content (AvgIpc) is 3.70. The highest BCUT2D eigenvalue weighted by Gasteiger charge is 2.38. The first kappa shape index (κ1) is 35.5. The number of carboxylic acids is 1. The summed E-state index contributed by atoms with van der Waals surface area (Å²) in [6.45, 7) is 6.81. The van der Waals surface area contributed by atoms with Crippen LogP contribution in [0.15, 0.2) is 81.5 Å². The number of nitro groups is 1. The zero-order chi connectivity index (χ0) is 35.9. The molecule has 1 atom stereocenters. The number of halogens is 1. The third-order valence-corrected chi connectivity index (χ3v) is 14.1. The summed E-state index contributed by atoms with van der Waals surface area (Å²) >= 11 is 5.91. The number of aryl methyl sites for hydroxylation is 2. The van der Waals surface area contributed by atoms with Gasteiger partial charge < -0.3 is 14.9 Å². The molecule has 11 nitrogen and oxygen atoms in total. The first-order valence-electron chi connectivity index (χ1n) is 15.8. The Bertz CT molecular complexity index is 2240. The normalized spacial score (nSPS) is 14.2. The van der Waals surface area contributed by atoms with E-state index in [-0.39, 0.29) is 26.9 Å². The summed E-state index contributed by atoms with van der Waals surface area (Å²) < 4.78 is 33.1. The average molecular weight is 798 g/mol. The second-order valence-electron chi connectivity index (χ2n) is 11.8. The molecule has 260 valence electrons. The van der Waals surface area contributed by atoms with Gasteiger partial charge in [-0.1, -0.05) is 37.3 Å². The molecule has 0 radical (unpaired) electrons. The van der Waals surface area contributed by atoms with Crippen molar-refractivity contribution < 1.29 is 28.0 Å². The Morgan fingerprint density at radius 2 is 1.70 bits per heavy atom. The number of carbonyl (C=O) groups is 2. The summed E-state index contributed by atoms with van der Waals surface area (Å²) in [5.74, 6) is -1.16. The number of thiophene rings is 2. The maximum atomic E-state index is 15.2. The number of amides is 1. The molecular weight excluding hydrogens is 765 g/mol. The quantitative estimate of drug-likeness (QED) is 0.110. The van der Waals surface area contributed by atoms with Gasteiger partial charge in [-0.3, -0.25) is 19.2 Å². The van der Waals surface area contributed by atoms with Gasteiger partial charge in [0.05, 0.1) is 32.8 Å². The molecular formula is C35H33BrN4O7S3. The summed E-state index contributed by atoms with van der Waals surface area (Å²) in [5, 5.41) is 24.5. The smallest absolute Gasteiger partial charge is 0.346 e. The Balaban J connectivity index is 1.48. The molecule has 0 spiro atoms. The molecule has 5 aromatic rings. The van der Waals surface area contributed by atoms with E-state index in [0.29, 0.717) is 70.1 Å². The van der Waals surface area contributed by atoms with E-state index < -0.39 is 27.0 Å². The van der Waals surface area contributed by atoms with Crippen molar-refractivity contribution in [1.82, 2.24) is 4.90 Å². The fraction of sp³-hybridized carbons (Fsp3) is 0.257. The van der Waals surface area contributed by atoms with Crippen LogP contribution in [0.2, 0.25) is 0 Å². The molecule has 15 heteroatoms. The van der Waals surface area contributed by atoms with Gasteiger partial charge in [0.15, 0.2) is 0 Å². The van der Waals surface area contributed by atoms with Crippen molar-refractivity contribution in [2.45, 2.75) is 38.1 Å². The molecule has 1 saturated heterocycles. The van der Waals surface area contributed by atoms with Gasteiger partial charge in [0.2, 0.25) is 0 Å². The molecule has 3 heterocycles. The number of rotatable bonds is 10. The van der Waals surface area contributed by atoms with Crippen LogP contribution in [0.1, 0.15) is 55.9 Å². The van der Waals surface area contributed by atoms with Crippen molar-refractivity contribution in [2.24, 2.45) is 0 Å². The molecule has 0 saturated carbocycles. The van der Waals surface area contributed by atoms with Crippen LogP contribution in [0.3, 0.4) is 0 Å². The molecule has 1 fully saturated rings. The number of para-hydroxylation sites is 3. The highest BCUT2D eigenvalue weighted by Crippen LogP contribution is 2.44. The minimum atomic E-state index is -4.45. The van der Waals surface area contributed by atoms with Gasteiger partial charge in [-0.25, -0.2) is 13.2 Å². The summed E-state index contributed by atoms with van der Waals surface area (Å²) in [5.41, 5.74) is 1.90. The fourth-order valence-corrected chi connectivity index (χ4v) is 11.2. The lowest BCUT2D eigenvalue weighted by molar-refractivity contribution is -0.385. The van der Waals surface area contributed by atoms with Crippen LogP contribution in [0.5, 0.6) is 0 Å². The second kappa shape index (κ2) is 14.1. The number of anilines is 2. The number of aromatic carboxylic acids is 1. The first-order chi connectivity index (χ1) is 23.9. The third kappa shape index (κ3) is 6.27. The number of piperazine rings is 1. The number of fused-ring (bicyclic) bond motifs is 1. The number of nitro benzene ring substituents is 1. The molecule has 2 aromatic heterocycles. The summed E-state index contributed by atoms with van der Waals surface area (Å²) in [6.07, 6.45) is 0.300. The van der Waals surface area contributed by atoms with E-state index in [1.807, 2.05) is 35.4 Å². The Labute approximate surface area is 305 Å². The molecule has 1 aliphatic rings. The van der Waals surface area contributed by atoms with E-state index in [9.17, 15) is 24.8 Å². The number of hydrogen-bond acceptors (Lipinski definition) is 9. The monoisotopic (exact) mass is 796 g/mol. The summed E-state index contributed by atoms with van der Waals surface area (Å²) in [6, 6.07) is 17.1. The predicted octanol–water partition coefficient (Wildman–Crippen LogP) is 8.12. The molecule has 50 heavy (non-hydrogen) atoms. The van der Waals surface area contributed by atoms with Gasteiger partial charge >= 0.3 is 5.97 Å². The van der Waals surface area contributed by atoms with Crippen LogP contribution in [0, 0.1) is 17.0 Å². The fourth-order valence-electron chi connectivity index (χ4n) is 6.64. The Hall–Kier alpha value is -4.31. The number of hydrogen-bond donors (Lipinski definition) is 1. The van der Waals surface area contributed by atoms with Crippen molar-refractivity contribution in [3.8, 4) is 0 Å². The van der Waals surface area contributed by atoms with Crippen molar-refractivity contribution in [1.29, 1.82) is 0 Å². The SMILES string of the molecule is CCc1c(S(=O)(=O)N(c2ccccc2N2CCN(C(=O)c3sccc3Br)CC2)C(C)c2ccccc2[N+](=O)[O-])ccc2sc(C(=O)O)c(C)c12. The lowest BCUT2D eigenvalue weighted by atomic mass is 10.0. The zero-order valence-corrected chi connectivity index (χ0v) is 31.4. The number of carboxylic acid groups (broad SMARTS) is 1. The largest absolute Gasteiger partial charge is 0.477 e. The molecule has 0 bridgehead atoms. The Morgan fingerprint density at radius 3 is 2.34 bits per heavy atom. The third-order valence-electron chi connectivity index (χ3n) is 9.02. The predicted molar refractivity (Wildman–Crippen MR) is 201 cm³/mol. The lowest BCUT2D eigenvalue weighted by Gasteiger charge is -2.39. The minimum Gasteiger partial charge on any atom is -0.477 e. The molecule has 0 aliphatic carbocycles. The van der Waals surface area contributed by atoms with Gasteiger partial charge in [0, 0.05) is 46.8 Å². The lowest BCUT2D eigenvalue weighted by Crippen LogP contribution is -2.49. The first-order valence-corrected chi connectivity index (χ1v) is 19.7. The molecule has 1 N–H and O–H groups in total. The molecule has 1 amide bonds. The number of sulfonamides is 1.